The highest BCUT2D eigenvalue weighted by Crippen LogP contribution is 2.32. The maximum absolute atomic E-state index is 12.7. The molecule has 8 nitrogen and oxygen atoms in total. The van der Waals surface area contributed by atoms with Crippen molar-refractivity contribution in [2.24, 2.45) is 0 Å². The van der Waals surface area contributed by atoms with E-state index >= 15 is 0 Å². The van der Waals surface area contributed by atoms with Gasteiger partial charge in [-0.3, -0.25) is 0 Å². The Morgan fingerprint density at radius 2 is 1.74 bits per heavy atom. The van der Waals surface area contributed by atoms with Crippen LogP contribution in [0.3, 0.4) is 0 Å². The number of nitrogens with one attached hydrogen (secondary N) is 1. The van der Waals surface area contributed by atoms with Crippen molar-refractivity contribution >= 4 is 33.3 Å². The predicted molar refractivity (Wildman–Crippen MR) is 120 cm³/mol. The first-order chi connectivity index (χ1) is 15.1. The maximum Gasteiger partial charge on any atom is 0.321 e. The van der Waals surface area contributed by atoms with Crippen molar-refractivity contribution in [2.75, 3.05) is 39.7 Å². The molecule has 0 spiro atoms. The summed E-state index contributed by atoms with van der Waals surface area (Å²) < 4.78 is 23.0. The van der Waals surface area contributed by atoms with E-state index in [9.17, 15) is 4.79 Å². The van der Waals surface area contributed by atoms with Gasteiger partial charge < -0.3 is 29.2 Å². The highest BCUT2D eigenvalue weighted by Gasteiger charge is 2.25. The van der Waals surface area contributed by atoms with Gasteiger partial charge in [0, 0.05) is 38.1 Å². The van der Waals surface area contributed by atoms with Gasteiger partial charge in [0.2, 0.25) is 0 Å². The van der Waals surface area contributed by atoms with Crippen LogP contribution < -0.4 is 24.3 Å². The number of aromatic nitrogens is 1. The average Bonchev–Trinajstić information content (AvgIpc) is 3.21. The molecule has 1 saturated heterocycles. The van der Waals surface area contributed by atoms with E-state index in [4.69, 9.17) is 18.9 Å². The van der Waals surface area contributed by atoms with E-state index in [1.54, 1.807) is 44.4 Å². The number of benzene rings is 2. The third-order valence-electron chi connectivity index (χ3n) is 5.22. The second-order valence-electron chi connectivity index (χ2n) is 7.11. The van der Waals surface area contributed by atoms with Crippen molar-refractivity contribution < 1.29 is 23.7 Å². The molecule has 4 rings (SSSR count). The number of rotatable bonds is 6. The summed E-state index contributed by atoms with van der Waals surface area (Å²) >= 11 is 1.52. The van der Waals surface area contributed by atoms with Gasteiger partial charge in [-0.2, -0.15) is 0 Å². The lowest BCUT2D eigenvalue weighted by molar-refractivity contribution is 0.115. The molecule has 0 saturated carbocycles. The van der Waals surface area contributed by atoms with E-state index < -0.39 is 0 Å². The summed E-state index contributed by atoms with van der Waals surface area (Å²) in [5.41, 5.74) is 1.47. The normalized spacial score (nSPS) is 14.4. The van der Waals surface area contributed by atoms with Gasteiger partial charge in [-0.25, -0.2) is 9.78 Å². The molecule has 0 unspecified atom stereocenters. The molecule has 0 aliphatic carbocycles. The highest BCUT2D eigenvalue weighted by molar-refractivity contribution is 7.20. The number of nitrogens with zero attached hydrogens (tertiary/aromatic N) is 2. The molecule has 1 aromatic heterocycles. The van der Waals surface area contributed by atoms with Crippen LogP contribution in [0.5, 0.6) is 22.4 Å². The number of anilines is 1. The minimum absolute atomic E-state index is 0.0297. The maximum atomic E-state index is 12.7. The van der Waals surface area contributed by atoms with E-state index in [0.717, 1.165) is 28.8 Å². The number of fused-ring (bicyclic) bond motifs is 1. The first-order valence-electron chi connectivity index (χ1n) is 9.99. The lowest BCUT2D eigenvalue weighted by Crippen LogP contribution is -2.43. The fourth-order valence-electron chi connectivity index (χ4n) is 3.48. The summed E-state index contributed by atoms with van der Waals surface area (Å²) in [5.74, 6) is 2.00. The molecule has 1 N–H and O–H groups in total. The smallest absolute Gasteiger partial charge is 0.321 e. The zero-order valence-corrected chi connectivity index (χ0v) is 18.5. The third kappa shape index (κ3) is 4.77. The molecule has 2 amide bonds. The molecule has 0 bridgehead atoms. The second-order valence-corrected chi connectivity index (χ2v) is 8.11. The van der Waals surface area contributed by atoms with E-state index in [1.807, 2.05) is 18.2 Å². The standard InChI is InChI=1S/C22H25N3O5S/c1-27-15-5-7-20-18(12-15)24-22(31-20)30-14-8-10-25(11-9-14)21(26)23-17-6-4-16(28-2)13-19(17)29-3/h4-7,12-14H,8-11H2,1-3H3,(H,23,26). The number of carbonyl (C=O) groups is 1. The number of methoxy groups -OCH3 is 3. The number of piperidine rings is 1. The van der Waals surface area contributed by atoms with Crippen LogP contribution in [0.4, 0.5) is 10.5 Å². The Labute approximate surface area is 184 Å². The van der Waals surface area contributed by atoms with Crippen LogP contribution in [-0.4, -0.2) is 56.4 Å². The Morgan fingerprint density at radius 1 is 1.03 bits per heavy atom. The number of hydrogen-bond donors (Lipinski definition) is 1. The van der Waals surface area contributed by atoms with Crippen LogP contribution in [0, 0.1) is 0 Å². The Balaban J connectivity index is 1.33. The Morgan fingerprint density at radius 3 is 2.45 bits per heavy atom. The minimum Gasteiger partial charge on any atom is -0.497 e. The van der Waals surface area contributed by atoms with Crippen LogP contribution in [0.2, 0.25) is 0 Å². The summed E-state index contributed by atoms with van der Waals surface area (Å²) in [7, 11) is 4.79. The SMILES string of the molecule is COc1ccc(NC(=O)N2CCC(Oc3nc4cc(OC)ccc4s3)CC2)c(OC)c1. The molecule has 1 aliphatic rings. The van der Waals surface area contributed by atoms with Crippen LogP contribution in [0.1, 0.15) is 12.8 Å². The second kappa shape index (κ2) is 9.30. The zero-order chi connectivity index (χ0) is 21.8. The third-order valence-corrected chi connectivity index (χ3v) is 6.15. The Kier molecular flexibility index (Phi) is 6.31. The van der Waals surface area contributed by atoms with Gasteiger partial charge in [0.25, 0.3) is 5.19 Å². The van der Waals surface area contributed by atoms with E-state index in [-0.39, 0.29) is 12.1 Å². The predicted octanol–water partition coefficient (Wildman–Crippen LogP) is 4.40. The van der Waals surface area contributed by atoms with Gasteiger partial charge in [0.05, 0.1) is 37.2 Å². The van der Waals surface area contributed by atoms with Gasteiger partial charge >= 0.3 is 6.03 Å². The summed E-state index contributed by atoms with van der Waals surface area (Å²) in [6, 6.07) is 10.9. The molecular formula is C22H25N3O5S. The molecule has 0 atom stereocenters. The summed E-state index contributed by atoms with van der Waals surface area (Å²) in [4.78, 5) is 19.0. The minimum atomic E-state index is -0.158. The molecular weight excluding hydrogens is 418 g/mol. The molecule has 1 fully saturated rings. The van der Waals surface area contributed by atoms with Crippen molar-refractivity contribution in [3.63, 3.8) is 0 Å². The Bertz CT molecular complexity index is 1060. The van der Waals surface area contributed by atoms with Crippen LogP contribution in [0.25, 0.3) is 10.2 Å². The van der Waals surface area contributed by atoms with E-state index in [2.05, 4.69) is 10.3 Å². The number of thiazole rings is 1. The monoisotopic (exact) mass is 443 g/mol. The molecule has 2 aromatic carbocycles. The first kappa shape index (κ1) is 21.0. The van der Waals surface area contributed by atoms with Crippen molar-refractivity contribution in [1.29, 1.82) is 0 Å². The summed E-state index contributed by atoms with van der Waals surface area (Å²) in [6.07, 6.45) is 1.51. The fraction of sp³-hybridized carbons (Fsp3) is 0.364. The highest BCUT2D eigenvalue weighted by atomic mass is 32.1. The summed E-state index contributed by atoms with van der Waals surface area (Å²) in [6.45, 7) is 1.21. The van der Waals surface area contributed by atoms with Crippen LogP contribution >= 0.6 is 11.3 Å². The molecule has 2 heterocycles. The van der Waals surface area contributed by atoms with Crippen molar-refractivity contribution in [3.8, 4) is 22.4 Å². The van der Waals surface area contributed by atoms with E-state index in [0.29, 0.717) is 35.5 Å². The van der Waals surface area contributed by atoms with Crippen LogP contribution in [0.15, 0.2) is 36.4 Å². The number of hydrogen-bond acceptors (Lipinski definition) is 7. The fourth-order valence-corrected chi connectivity index (χ4v) is 4.34. The largest absolute Gasteiger partial charge is 0.497 e. The molecule has 9 heteroatoms. The first-order valence-corrected chi connectivity index (χ1v) is 10.8. The quantitative estimate of drug-likeness (QED) is 0.608. The van der Waals surface area contributed by atoms with Crippen molar-refractivity contribution in [3.05, 3.63) is 36.4 Å². The number of carbonyl (C=O) groups excluding carboxylic acids is 1. The lowest BCUT2D eigenvalue weighted by atomic mass is 10.1. The molecule has 164 valence electrons. The van der Waals surface area contributed by atoms with Gasteiger partial charge in [0.1, 0.15) is 23.4 Å². The molecule has 31 heavy (non-hydrogen) atoms. The molecule has 1 aliphatic heterocycles. The number of likely N-dealkylation sites (tertiary alicyclic amines) is 1. The van der Waals surface area contributed by atoms with Gasteiger partial charge in [-0.05, 0) is 24.3 Å². The van der Waals surface area contributed by atoms with Crippen molar-refractivity contribution in [1.82, 2.24) is 9.88 Å². The van der Waals surface area contributed by atoms with Gasteiger partial charge in [0.15, 0.2) is 0 Å². The number of ether oxygens (including phenoxy) is 4. The number of amides is 2. The van der Waals surface area contributed by atoms with Gasteiger partial charge in [-0.15, -0.1) is 0 Å². The lowest BCUT2D eigenvalue weighted by Gasteiger charge is -2.31. The topological polar surface area (TPSA) is 82.2 Å². The van der Waals surface area contributed by atoms with Gasteiger partial charge in [-0.1, -0.05) is 11.3 Å². The molecule has 0 radical (unpaired) electrons. The van der Waals surface area contributed by atoms with Crippen molar-refractivity contribution in [2.45, 2.75) is 18.9 Å². The Hall–Kier alpha value is -3.20. The average molecular weight is 444 g/mol. The number of urea groups is 1. The molecule has 3 aromatic rings. The zero-order valence-electron chi connectivity index (χ0n) is 17.7. The van der Waals surface area contributed by atoms with Crippen LogP contribution in [-0.2, 0) is 0 Å². The summed E-state index contributed by atoms with van der Waals surface area (Å²) in [5, 5.41) is 3.57. The van der Waals surface area contributed by atoms with E-state index in [1.165, 1.54) is 11.3 Å².